The lowest BCUT2D eigenvalue weighted by Gasteiger charge is -2.43. The first kappa shape index (κ1) is 15.6. The highest BCUT2D eigenvalue weighted by atomic mass is 32.1. The molecule has 4 heterocycles. The van der Waals surface area contributed by atoms with Gasteiger partial charge >= 0.3 is 0 Å². The molecule has 0 aliphatic carbocycles. The van der Waals surface area contributed by atoms with Crippen LogP contribution in [0.3, 0.4) is 0 Å². The van der Waals surface area contributed by atoms with Crippen LogP contribution in [-0.4, -0.2) is 35.5 Å². The molecule has 4 rings (SSSR count). The monoisotopic (exact) mass is 344 g/mol. The summed E-state index contributed by atoms with van der Waals surface area (Å²) in [6.45, 7) is 3.78. The number of hydrogen-bond acceptors (Lipinski definition) is 4. The number of carbonyl (C=O) groups is 1. The van der Waals surface area contributed by atoms with E-state index in [1.165, 1.54) is 22.7 Å². The van der Waals surface area contributed by atoms with Gasteiger partial charge in [0.25, 0.3) is 5.91 Å². The van der Waals surface area contributed by atoms with Crippen molar-refractivity contribution >= 4 is 17.2 Å². The van der Waals surface area contributed by atoms with Crippen LogP contribution in [0.2, 0.25) is 0 Å². The lowest BCUT2D eigenvalue weighted by molar-refractivity contribution is -0.0906. The third kappa shape index (κ3) is 2.50. The average molecular weight is 344 g/mol. The van der Waals surface area contributed by atoms with E-state index in [1.54, 1.807) is 23.2 Å². The van der Waals surface area contributed by atoms with Crippen LogP contribution in [0, 0.1) is 6.92 Å². The molecule has 2 aliphatic rings. The molecule has 5 nitrogen and oxygen atoms in total. The Balaban J connectivity index is 1.53. The van der Waals surface area contributed by atoms with Crippen LogP contribution in [0.1, 0.15) is 39.3 Å². The van der Waals surface area contributed by atoms with Crippen molar-refractivity contribution in [2.75, 3.05) is 19.7 Å². The van der Waals surface area contributed by atoms with Crippen molar-refractivity contribution in [1.82, 2.24) is 9.88 Å². The number of hydrogen-bond donors (Lipinski definition) is 1. The van der Waals surface area contributed by atoms with E-state index in [9.17, 15) is 9.59 Å². The zero-order valence-corrected chi connectivity index (χ0v) is 14.4. The van der Waals surface area contributed by atoms with Gasteiger partial charge in [-0.15, -0.1) is 11.3 Å². The van der Waals surface area contributed by atoms with Crippen molar-refractivity contribution in [3.63, 3.8) is 0 Å². The zero-order chi connectivity index (χ0) is 16.7. The highest BCUT2D eigenvalue weighted by Gasteiger charge is 2.42. The first-order valence-corrected chi connectivity index (χ1v) is 9.16. The Labute approximate surface area is 144 Å². The molecule has 24 heavy (non-hydrogen) atoms. The summed E-state index contributed by atoms with van der Waals surface area (Å²) in [6, 6.07) is 3.66. The van der Waals surface area contributed by atoms with Crippen LogP contribution < -0.4 is 5.43 Å². The third-order valence-electron chi connectivity index (χ3n) is 5.06. The highest BCUT2D eigenvalue weighted by molar-refractivity contribution is 7.10. The number of aromatic nitrogens is 1. The molecule has 0 unspecified atom stereocenters. The predicted octanol–water partition coefficient (Wildman–Crippen LogP) is 2.45. The number of H-pyrrole nitrogens is 1. The highest BCUT2D eigenvalue weighted by Crippen LogP contribution is 2.44. The second-order valence-electron chi connectivity index (χ2n) is 6.55. The summed E-state index contributed by atoms with van der Waals surface area (Å²) in [5.41, 5.74) is 1.91. The van der Waals surface area contributed by atoms with Gasteiger partial charge in [-0.05, 0) is 43.2 Å². The molecule has 1 saturated heterocycles. The van der Waals surface area contributed by atoms with Gasteiger partial charge in [-0.3, -0.25) is 9.59 Å². The Bertz CT molecular complexity index is 831. The molecular formula is C18H20N2O3S. The number of ether oxygens (including phenoxy) is 1. The Hall–Kier alpha value is -1.92. The molecule has 6 heteroatoms. The largest absolute Gasteiger partial charge is 0.369 e. The number of amides is 1. The number of nitrogens with one attached hydrogen (secondary N) is 1. The molecule has 0 saturated carbocycles. The fourth-order valence-electron chi connectivity index (χ4n) is 3.71. The van der Waals surface area contributed by atoms with Crippen LogP contribution in [0.25, 0.3) is 0 Å². The zero-order valence-electron chi connectivity index (χ0n) is 13.6. The van der Waals surface area contributed by atoms with Gasteiger partial charge in [-0.2, -0.15) is 0 Å². The molecule has 1 amide bonds. The first-order valence-electron chi connectivity index (χ1n) is 8.28. The molecule has 2 aliphatic heterocycles. The van der Waals surface area contributed by atoms with Crippen LogP contribution in [0.15, 0.2) is 28.5 Å². The topological polar surface area (TPSA) is 62.4 Å². The fraction of sp³-hybridized carbons (Fsp3) is 0.444. The smallest absolute Gasteiger partial charge is 0.259 e. The number of carbonyl (C=O) groups excluding carboxylic acids is 1. The number of aryl methyl sites for hydroxylation is 1. The number of likely N-dealkylation sites (tertiary alicyclic amines) is 1. The van der Waals surface area contributed by atoms with Gasteiger partial charge in [0.05, 0.1) is 6.61 Å². The van der Waals surface area contributed by atoms with Gasteiger partial charge < -0.3 is 14.6 Å². The number of rotatable bonds is 1. The number of pyridine rings is 1. The summed E-state index contributed by atoms with van der Waals surface area (Å²) in [4.78, 5) is 30.8. The third-order valence-corrected chi connectivity index (χ3v) is 6.20. The van der Waals surface area contributed by atoms with Crippen LogP contribution >= 0.6 is 11.3 Å². The standard InChI is InChI=1S/C18H20N2O3S/c1-12-10-15(21)14(11-19-12)17(22)20-6-4-18(5-7-20)16-13(2-8-23-18)3-9-24-16/h3,9-11H,2,4-8H2,1H3,(H,19,21). The summed E-state index contributed by atoms with van der Waals surface area (Å²) in [5.74, 6) is -0.187. The van der Waals surface area contributed by atoms with Gasteiger partial charge in [0, 0.05) is 35.9 Å². The minimum atomic E-state index is -0.238. The molecule has 1 spiro atoms. The molecule has 0 aromatic carbocycles. The number of piperidine rings is 1. The van der Waals surface area contributed by atoms with E-state index in [2.05, 4.69) is 16.4 Å². The van der Waals surface area contributed by atoms with E-state index >= 15 is 0 Å². The van der Waals surface area contributed by atoms with Gasteiger partial charge in [0.1, 0.15) is 11.2 Å². The molecule has 0 atom stereocenters. The summed E-state index contributed by atoms with van der Waals surface area (Å²) < 4.78 is 6.17. The van der Waals surface area contributed by atoms with Crippen molar-refractivity contribution < 1.29 is 9.53 Å². The Morgan fingerprint density at radius 1 is 1.38 bits per heavy atom. The molecule has 1 fully saturated rings. The van der Waals surface area contributed by atoms with E-state index in [0.29, 0.717) is 13.1 Å². The molecular weight excluding hydrogens is 324 g/mol. The Kier molecular flexibility index (Phi) is 3.81. The second kappa shape index (κ2) is 5.86. The van der Waals surface area contributed by atoms with Gasteiger partial charge in [-0.1, -0.05) is 0 Å². The molecule has 2 aromatic rings. The first-order chi connectivity index (χ1) is 11.6. The van der Waals surface area contributed by atoms with E-state index < -0.39 is 0 Å². The summed E-state index contributed by atoms with van der Waals surface area (Å²) in [6.07, 6.45) is 4.08. The summed E-state index contributed by atoms with van der Waals surface area (Å²) in [5, 5.41) is 2.13. The van der Waals surface area contributed by atoms with Crippen LogP contribution in [-0.2, 0) is 16.8 Å². The summed E-state index contributed by atoms with van der Waals surface area (Å²) in [7, 11) is 0. The van der Waals surface area contributed by atoms with Crippen molar-refractivity contribution in [2.45, 2.75) is 31.8 Å². The fourth-order valence-corrected chi connectivity index (χ4v) is 4.88. The van der Waals surface area contributed by atoms with Crippen molar-refractivity contribution in [3.05, 3.63) is 55.6 Å². The van der Waals surface area contributed by atoms with Crippen LogP contribution in [0.5, 0.6) is 0 Å². The maximum Gasteiger partial charge on any atom is 0.259 e. The molecule has 0 bridgehead atoms. The lowest BCUT2D eigenvalue weighted by atomic mass is 9.85. The second-order valence-corrected chi connectivity index (χ2v) is 7.47. The SMILES string of the molecule is Cc1cc(=O)c(C(=O)N2CCC3(CC2)OCCc2ccsc23)c[nH]1. The van der Waals surface area contributed by atoms with Crippen molar-refractivity contribution in [2.24, 2.45) is 0 Å². The lowest BCUT2D eigenvalue weighted by Crippen LogP contribution is -2.48. The normalized spacial score (nSPS) is 19.3. The Morgan fingerprint density at radius 3 is 2.92 bits per heavy atom. The van der Waals surface area contributed by atoms with Gasteiger partial charge in [0.15, 0.2) is 5.43 Å². The number of fused-ring (bicyclic) bond motifs is 2. The summed E-state index contributed by atoms with van der Waals surface area (Å²) >= 11 is 1.76. The molecule has 1 N–H and O–H groups in total. The maximum absolute atomic E-state index is 12.7. The van der Waals surface area contributed by atoms with Crippen molar-refractivity contribution in [3.8, 4) is 0 Å². The number of nitrogens with zero attached hydrogens (tertiary/aromatic N) is 1. The number of aromatic amines is 1. The minimum absolute atomic E-state index is 0.187. The molecule has 2 aromatic heterocycles. The van der Waals surface area contributed by atoms with E-state index in [-0.39, 0.29) is 22.5 Å². The van der Waals surface area contributed by atoms with Gasteiger partial charge in [0.2, 0.25) is 0 Å². The van der Waals surface area contributed by atoms with Crippen LogP contribution in [0.4, 0.5) is 0 Å². The van der Waals surface area contributed by atoms with E-state index in [1.807, 2.05) is 0 Å². The Morgan fingerprint density at radius 2 is 2.17 bits per heavy atom. The quantitative estimate of drug-likeness (QED) is 0.864. The molecule has 126 valence electrons. The van der Waals surface area contributed by atoms with Crippen molar-refractivity contribution in [1.29, 1.82) is 0 Å². The molecule has 0 radical (unpaired) electrons. The van der Waals surface area contributed by atoms with E-state index in [0.717, 1.165) is 31.6 Å². The predicted molar refractivity (Wildman–Crippen MR) is 92.6 cm³/mol. The maximum atomic E-state index is 12.7. The average Bonchev–Trinajstić information content (AvgIpc) is 3.05. The number of thiophene rings is 1. The minimum Gasteiger partial charge on any atom is -0.369 e. The van der Waals surface area contributed by atoms with Gasteiger partial charge in [-0.25, -0.2) is 0 Å². The van der Waals surface area contributed by atoms with E-state index in [4.69, 9.17) is 4.74 Å².